The zero-order valence-electron chi connectivity index (χ0n) is 14.0. The van der Waals surface area contributed by atoms with E-state index in [1.54, 1.807) is 26.1 Å². The van der Waals surface area contributed by atoms with Crippen molar-refractivity contribution < 1.29 is 22.8 Å². The lowest BCUT2D eigenvalue weighted by atomic mass is 10.2. The van der Waals surface area contributed by atoms with Crippen LogP contribution in [0.4, 0.5) is 8.78 Å². The van der Waals surface area contributed by atoms with E-state index in [1.807, 2.05) is 0 Å². The van der Waals surface area contributed by atoms with E-state index in [-0.39, 0.29) is 18.8 Å². The third kappa shape index (κ3) is 5.59. The second-order valence-corrected chi connectivity index (χ2v) is 4.87. The maximum absolute atomic E-state index is 12.5. The Labute approximate surface area is 143 Å². The molecule has 0 saturated carbocycles. The lowest BCUT2D eigenvalue weighted by Crippen LogP contribution is -2.36. The second-order valence-electron chi connectivity index (χ2n) is 4.87. The molecule has 0 aliphatic rings. The Bertz CT molecular complexity index is 721. The molecule has 8 nitrogen and oxygen atoms in total. The van der Waals surface area contributed by atoms with Gasteiger partial charge in [-0.3, -0.25) is 4.99 Å². The average molecular weight is 355 g/mol. The highest BCUT2D eigenvalue weighted by atomic mass is 19.3. The van der Waals surface area contributed by atoms with Gasteiger partial charge in [0.1, 0.15) is 11.5 Å². The number of ether oxygens (including phenoxy) is 2. The molecule has 0 spiro atoms. The molecule has 0 bridgehead atoms. The number of benzene rings is 1. The van der Waals surface area contributed by atoms with Crippen molar-refractivity contribution in [3.05, 3.63) is 35.5 Å². The second kappa shape index (κ2) is 8.81. The van der Waals surface area contributed by atoms with Crippen molar-refractivity contribution in [1.82, 2.24) is 20.8 Å². The normalized spacial score (nSPS) is 11.5. The molecule has 0 amide bonds. The summed E-state index contributed by atoms with van der Waals surface area (Å²) < 4.78 is 39.7. The highest BCUT2D eigenvalue weighted by Crippen LogP contribution is 2.25. The molecule has 2 rings (SSSR count). The summed E-state index contributed by atoms with van der Waals surface area (Å²) in [6.45, 7) is -0.723. The highest BCUT2D eigenvalue weighted by Gasteiger charge is 2.12. The largest absolute Gasteiger partial charge is 0.497 e. The SMILES string of the molecule is CN=C(NCc1nc(C)no1)NCc1cc(OC)ccc1OC(F)F. The van der Waals surface area contributed by atoms with Gasteiger partial charge < -0.3 is 24.6 Å². The number of hydrogen-bond donors (Lipinski definition) is 2. The molecule has 1 heterocycles. The minimum atomic E-state index is -2.91. The Morgan fingerprint density at radius 1 is 1.32 bits per heavy atom. The summed E-state index contributed by atoms with van der Waals surface area (Å²) in [7, 11) is 3.07. The summed E-state index contributed by atoms with van der Waals surface area (Å²) in [5, 5.41) is 9.66. The van der Waals surface area contributed by atoms with Crippen molar-refractivity contribution in [2.75, 3.05) is 14.2 Å². The zero-order chi connectivity index (χ0) is 18.2. The van der Waals surface area contributed by atoms with Gasteiger partial charge in [-0.1, -0.05) is 5.16 Å². The van der Waals surface area contributed by atoms with Crippen molar-refractivity contribution in [2.45, 2.75) is 26.6 Å². The van der Waals surface area contributed by atoms with Gasteiger partial charge in [-0.2, -0.15) is 13.8 Å². The number of aryl methyl sites for hydroxylation is 1. The molecule has 136 valence electrons. The molecular weight excluding hydrogens is 336 g/mol. The van der Waals surface area contributed by atoms with Crippen LogP contribution >= 0.6 is 0 Å². The van der Waals surface area contributed by atoms with Gasteiger partial charge in [-0.05, 0) is 25.1 Å². The number of nitrogens with zero attached hydrogens (tertiary/aromatic N) is 3. The molecule has 0 aliphatic heterocycles. The standard InChI is InChI=1S/C15H19F2N5O3/c1-9-21-13(25-22-9)8-20-15(18-2)19-7-10-6-11(23-3)4-5-12(10)24-14(16)17/h4-6,14H,7-8H2,1-3H3,(H2,18,19,20). The summed E-state index contributed by atoms with van der Waals surface area (Å²) in [5.74, 6) is 1.96. The van der Waals surface area contributed by atoms with Gasteiger partial charge in [0.15, 0.2) is 11.8 Å². The van der Waals surface area contributed by atoms with E-state index in [9.17, 15) is 8.78 Å². The maximum atomic E-state index is 12.5. The van der Waals surface area contributed by atoms with Gasteiger partial charge >= 0.3 is 6.61 Å². The first kappa shape index (κ1) is 18.4. The molecule has 0 radical (unpaired) electrons. The van der Waals surface area contributed by atoms with Crippen LogP contribution in [0.25, 0.3) is 0 Å². The van der Waals surface area contributed by atoms with E-state index in [2.05, 4.69) is 30.5 Å². The van der Waals surface area contributed by atoms with Gasteiger partial charge in [0.05, 0.1) is 13.7 Å². The van der Waals surface area contributed by atoms with Crippen molar-refractivity contribution >= 4 is 5.96 Å². The van der Waals surface area contributed by atoms with Crippen molar-refractivity contribution in [1.29, 1.82) is 0 Å². The van der Waals surface area contributed by atoms with Crippen LogP contribution in [0, 0.1) is 6.92 Å². The predicted octanol–water partition coefficient (Wildman–Crippen LogP) is 1.85. The van der Waals surface area contributed by atoms with Crippen LogP contribution in [-0.4, -0.2) is 36.9 Å². The Morgan fingerprint density at radius 3 is 2.68 bits per heavy atom. The maximum Gasteiger partial charge on any atom is 0.387 e. The molecular formula is C15H19F2N5O3. The van der Waals surface area contributed by atoms with Crippen LogP contribution in [0.2, 0.25) is 0 Å². The zero-order valence-corrected chi connectivity index (χ0v) is 14.0. The van der Waals surface area contributed by atoms with Gasteiger partial charge in [0.2, 0.25) is 5.89 Å². The molecule has 0 atom stereocenters. The first-order valence-electron chi connectivity index (χ1n) is 7.37. The topological polar surface area (TPSA) is 93.8 Å². The highest BCUT2D eigenvalue weighted by molar-refractivity contribution is 5.79. The smallest absolute Gasteiger partial charge is 0.387 e. The number of hydrogen-bond acceptors (Lipinski definition) is 6. The summed E-state index contributed by atoms with van der Waals surface area (Å²) >= 11 is 0. The summed E-state index contributed by atoms with van der Waals surface area (Å²) in [5.41, 5.74) is 0.497. The third-order valence-electron chi connectivity index (χ3n) is 3.13. The predicted molar refractivity (Wildman–Crippen MR) is 85.7 cm³/mol. The molecule has 2 N–H and O–H groups in total. The van der Waals surface area contributed by atoms with Crippen LogP contribution < -0.4 is 20.1 Å². The first-order valence-corrected chi connectivity index (χ1v) is 7.37. The summed E-state index contributed by atoms with van der Waals surface area (Å²) in [6, 6.07) is 4.59. The van der Waals surface area contributed by atoms with Crippen LogP contribution in [0.5, 0.6) is 11.5 Å². The minimum Gasteiger partial charge on any atom is -0.497 e. The van der Waals surface area contributed by atoms with Crippen molar-refractivity contribution in [2.24, 2.45) is 4.99 Å². The Morgan fingerprint density at radius 2 is 2.08 bits per heavy atom. The van der Waals surface area contributed by atoms with Gasteiger partial charge in [-0.25, -0.2) is 0 Å². The number of aromatic nitrogens is 2. The summed E-state index contributed by atoms with van der Waals surface area (Å²) in [6.07, 6.45) is 0. The lowest BCUT2D eigenvalue weighted by Gasteiger charge is -2.15. The van der Waals surface area contributed by atoms with Crippen LogP contribution in [0.1, 0.15) is 17.3 Å². The number of methoxy groups -OCH3 is 1. The van der Waals surface area contributed by atoms with Crippen LogP contribution in [0.15, 0.2) is 27.7 Å². The van der Waals surface area contributed by atoms with Crippen molar-refractivity contribution in [3.63, 3.8) is 0 Å². The number of nitrogens with one attached hydrogen (secondary N) is 2. The molecule has 1 aromatic carbocycles. The van der Waals surface area contributed by atoms with E-state index in [1.165, 1.54) is 13.2 Å². The monoisotopic (exact) mass is 355 g/mol. The third-order valence-corrected chi connectivity index (χ3v) is 3.13. The Hall–Kier alpha value is -2.91. The van der Waals surface area contributed by atoms with Gasteiger partial charge in [0.25, 0.3) is 0 Å². The molecule has 0 fully saturated rings. The van der Waals surface area contributed by atoms with E-state index < -0.39 is 6.61 Å². The number of guanidine groups is 1. The Balaban J connectivity index is 1.99. The van der Waals surface area contributed by atoms with E-state index >= 15 is 0 Å². The van der Waals surface area contributed by atoms with E-state index in [0.29, 0.717) is 29.0 Å². The number of halogens is 2. The minimum absolute atomic E-state index is 0.0614. The number of alkyl halides is 2. The fourth-order valence-electron chi connectivity index (χ4n) is 2.00. The molecule has 0 aliphatic carbocycles. The van der Waals surface area contributed by atoms with Crippen LogP contribution in [0.3, 0.4) is 0 Å². The lowest BCUT2D eigenvalue weighted by molar-refractivity contribution is -0.0504. The molecule has 0 unspecified atom stereocenters. The molecule has 10 heteroatoms. The van der Waals surface area contributed by atoms with E-state index in [0.717, 1.165) is 0 Å². The number of aliphatic imine (C=N–C) groups is 1. The molecule has 0 saturated heterocycles. The van der Waals surface area contributed by atoms with E-state index in [4.69, 9.17) is 9.26 Å². The van der Waals surface area contributed by atoms with Crippen molar-refractivity contribution in [3.8, 4) is 11.5 Å². The van der Waals surface area contributed by atoms with Gasteiger partial charge in [0, 0.05) is 19.2 Å². The molecule has 1 aromatic heterocycles. The van der Waals surface area contributed by atoms with Gasteiger partial charge in [-0.15, -0.1) is 0 Å². The fraction of sp³-hybridized carbons (Fsp3) is 0.400. The fourth-order valence-corrected chi connectivity index (χ4v) is 2.00. The van der Waals surface area contributed by atoms with Crippen LogP contribution in [-0.2, 0) is 13.1 Å². The Kier molecular flexibility index (Phi) is 6.49. The summed E-state index contributed by atoms with van der Waals surface area (Å²) in [4.78, 5) is 8.10. The quantitative estimate of drug-likeness (QED) is 0.578. The average Bonchev–Trinajstić information content (AvgIpc) is 3.01. The molecule has 25 heavy (non-hydrogen) atoms. The number of rotatable bonds is 7. The molecule has 2 aromatic rings. The first-order chi connectivity index (χ1) is 12.0.